The second kappa shape index (κ2) is 6.35. The van der Waals surface area contributed by atoms with E-state index >= 15 is 0 Å². The van der Waals surface area contributed by atoms with Crippen molar-refractivity contribution in [1.29, 1.82) is 0 Å². The molecule has 100 valence electrons. The van der Waals surface area contributed by atoms with Crippen molar-refractivity contribution in [3.05, 3.63) is 0 Å². The van der Waals surface area contributed by atoms with Crippen LogP contribution in [-0.2, 0) is 14.6 Å². The van der Waals surface area contributed by atoms with E-state index in [1.165, 1.54) is 0 Å². The van der Waals surface area contributed by atoms with E-state index in [2.05, 4.69) is 5.32 Å². The summed E-state index contributed by atoms with van der Waals surface area (Å²) in [7, 11) is -1.27. The summed E-state index contributed by atoms with van der Waals surface area (Å²) < 4.78 is 22.1. The van der Waals surface area contributed by atoms with Crippen LogP contribution in [-0.4, -0.2) is 57.9 Å². The Morgan fingerprint density at radius 2 is 1.94 bits per heavy atom. The number of nitrogens with one attached hydrogen (secondary N) is 1. The Kier molecular flexibility index (Phi) is 5.39. The van der Waals surface area contributed by atoms with Crippen LogP contribution in [0.15, 0.2) is 0 Å². The summed E-state index contributed by atoms with van der Waals surface area (Å²) >= 11 is 0. The van der Waals surface area contributed by atoms with Crippen molar-refractivity contribution >= 4 is 15.7 Å². The first-order valence-corrected chi connectivity index (χ1v) is 8.08. The number of likely N-dealkylation sites (tertiary alicyclic amines) is 1. The van der Waals surface area contributed by atoms with Gasteiger partial charge in [-0.25, -0.2) is 8.42 Å². The number of amides is 1. The molecule has 1 fully saturated rings. The summed E-state index contributed by atoms with van der Waals surface area (Å²) in [4.78, 5) is 13.3. The number of sulfone groups is 1. The van der Waals surface area contributed by atoms with Gasteiger partial charge in [-0.15, -0.1) is 0 Å². The third-order valence-electron chi connectivity index (χ3n) is 3.16. The van der Waals surface area contributed by atoms with Crippen LogP contribution in [0.4, 0.5) is 0 Å². The van der Waals surface area contributed by atoms with E-state index in [1.807, 2.05) is 7.05 Å². The van der Waals surface area contributed by atoms with Gasteiger partial charge in [-0.3, -0.25) is 4.79 Å². The first-order chi connectivity index (χ1) is 7.92. The normalized spacial score (nSPS) is 18.4. The highest BCUT2D eigenvalue weighted by Gasteiger charge is 2.24. The zero-order chi connectivity index (χ0) is 12.9. The van der Waals surface area contributed by atoms with Crippen LogP contribution in [0.1, 0.15) is 19.3 Å². The lowest BCUT2D eigenvalue weighted by molar-refractivity contribution is -0.129. The number of piperidine rings is 1. The molecule has 0 saturated carbocycles. The van der Waals surface area contributed by atoms with Crippen molar-refractivity contribution in [2.24, 2.45) is 5.92 Å². The third kappa shape index (κ3) is 5.50. The van der Waals surface area contributed by atoms with E-state index in [0.29, 0.717) is 19.0 Å². The molecule has 0 atom stereocenters. The molecule has 1 amide bonds. The zero-order valence-corrected chi connectivity index (χ0v) is 11.4. The average molecular weight is 262 g/mol. The SMILES string of the molecule is CNCCC1CCN(C(=O)CS(C)(=O)=O)CC1. The first-order valence-electron chi connectivity index (χ1n) is 6.02. The Balaban J connectivity index is 2.34. The topological polar surface area (TPSA) is 66.5 Å². The minimum Gasteiger partial charge on any atom is -0.342 e. The number of carbonyl (C=O) groups excluding carboxylic acids is 1. The van der Waals surface area contributed by atoms with Crippen molar-refractivity contribution < 1.29 is 13.2 Å². The molecule has 0 aliphatic carbocycles. The van der Waals surface area contributed by atoms with Gasteiger partial charge in [0.25, 0.3) is 0 Å². The summed E-state index contributed by atoms with van der Waals surface area (Å²) in [6.07, 6.45) is 4.20. The third-order valence-corrected chi connectivity index (χ3v) is 3.93. The Labute approximate surface area is 103 Å². The number of rotatable bonds is 5. The van der Waals surface area contributed by atoms with Gasteiger partial charge in [0.1, 0.15) is 5.75 Å². The molecule has 1 aliphatic rings. The minimum absolute atomic E-state index is 0.250. The quantitative estimate of drug-likeness (QED) is 0.750. The summed E-state index contributed by atoms with van der Waals surface area (Å²) in [5.41, 5.74) is 0. The van der Waals surface area contributed by atoms with E-state index in [9.17, 15) is 13.2 Å². The van der Waals surface area contributed by atoms with Crippen molar-refractivity contribution in [2.45, 2.75) is 19.3 Å². The molecule has 1 aliphatic heterocycles. The van der Waals surface area contributed by atoms with Gasteiger partial charge in [-0.1, -0.05) is 0 Å². The summed E-state index contributed by atoms with van der Waals surface area (Å²) in [6.45, 7) is 2.40. The van der Waals surface area contributed by atoms with Gasteiger partial charge in [0.2, 0.25) is 5.91 Å². The van der Waals surface area contributed by atoms with Gasteiger partial charge >= 0.3 is 0 Å². The average Bonchev–Trinajstić information content (AvgIpc) is 2.24. The molecule has 6 heteroatoms. The van der Waals surface area contributed by atoms with Gasteiger partial charge in [-0.2, -0.15) is 0 Å². The van der Waals surface area contributed by atoms with Crippen LogP contribution in [0.2, 0.25) is 0 Å². The fraction of sp³-hybridized carbons (Fsp3) is 0.909. The van der Waals surface area contributed by atoms with E-state index in [-0.39, 0.29) is 11.7 Å². The number of nitrogens with zero attached hydrogens (tertiary/aromatic N) is 1. The van der Waals surface area contributed by atoms with Crippen LogP contribution >= 0.6 is 0 Å². The number of hydrogen-bond acceptors (Lipinski definition) is 4. The summed E-state index contributed by atoms with van der Waals surface area (Å²) in [5.74, 6) is 0.0538. The largest absolute Gasteiger partial charge is 0.342 e. The molecule has 1 rings (SSSR count). The highest BCUT2D eigenvalue weighted by atomic mass is 32.2. The molecular weight excluding hydrogens is 240 g/mol. The molecule has 0 aromatic heterocycles. The Morgan fingerprint density at radius 3 is 2.41 bits per heavy atom. The maximum Gasteiger partial charge on any atom is 0.237 e. The van der Waals surface area contributed by atoms with E-state index < -0.39 is 9.84 Å². The second-order valence-electron chi connectivity index (χ2n) is 4.79. The van der Waals surface area contributed by atoms with Crippen LogP contribution in [0.5, 0.6) is 0 Å². The van der Waals surface area contributed by atoms with Crippen LogP contribution in [0.25, 0.3) is 0 Å². The standard InChI is InChI=1S/C11H22N2O3S/c1-12-6-3-10-4-7-13(8-5-10)11(14)9-17(2,15)16/h10,12H,3-9H2,1-2H3. The molecule has 0 unspecified atom stereocenters. The smallest absolute Gasteiger partial charge is 0.237 e. The predicted octanol–water partition coefficient (Wildman–Crippen LogP) is -0.121. The number of hydrogen-bond donors (Lipinski definition) is 1. The molecule has 1 heterocycles. The van der Waals surface area contributed by atoms with Gasteiger partial charge in [0, 0.05) is 19.3 Å². The van der Waals surface area contributed by atoms with Crippen molar-refractivity contribution in [2.75, 3.05) is 38.7 Å². The van der Waals surface area contributed by atoms with Crippen molar-refractivity contribution in [1.82, 2.24) is 10.2 Å². The molecule has 5 nitrogen and oxygen atoms in total. The van der Waals surface area contributed by atoms with Crippen LogP contribution in [0.3, 0.4) is 0 Å². The molecule has 0 aromatic rings. The lowest BCUT2D eigenvalue weighted by Crippen LogP contribution is -2.41. The highest BCUT2D eigenvalue weighted by molar-refractivity contribution is 7.91. The molecule has 1 saturated heterocycles. The maximum atomic E-state index is 11.7. The lowest BCUT2D eigenvalue weighted by atomic mass is 9.93. The molecule has 0 aromatic carbocycles. The van der Waals surface area contributed by atoms with Crippen LogP contribution in [0, 0.1) is 5.92 Å². The van der Waals surface area contributed by atoms with Gasteiger partial charge < -0.3 is 10.2 Å². The monoisotopic (exact) mass is 262 g/mol. The van der Waals surface area contributed by atoms with E-state index in [4.69, 9.17) is 0 Å². The molecule has 0 spiro atoms. The Bertz CT molecular complexity index is 346. The van der Waals surface area contributed by atoms with Gasteiger partial charge in [0.15, 0.2) is 9.84 Å². The van der Waals surface area contributed by atoms with Gasteiger partial charge in [-0.05, 0) is 38.8 Å². The predicted molar refractivity (Wildman–Crippen MR) is 67.6 cm³/mol. The zero-order valence-electron chi connectivity index (χ0n) is 10.6. The van der Waals surface area contributed by atoms with Crippen molar-refractivity contribution in [3.8, 4) is 0 Å². The van der Waals surface area contributed by atoms with Crippen molar-refractivity contribution in [3.63, 3.8) is 0 Å². The van der Waals surface area contributed by atoms with E-state index in [0.717, 1.165) is 32.1 Å². The maximum absolute atomic E-state index is 11.7. The second-order valence-corrected chi connectivity index (χ2v) is 6.93. The fourth-order valence-electron chi connectivity index (χ4n) is 2.14. The van der Waals surface area contributed by atoms with Gasteiger partial charge in [0.05, 0.1) is 0 Å². The number of carbonyl (C=O) groups is 1. The Morgan fingerprint density at radius 1 is 1.35 bits per heavy atom. The summed E-state index contributed by atoms with van der Waals surface area (Å²) in [5, 5.41) is 3.12. The molecule has 1 N–H and O–H groups in total. The fourth-order valence-corrected chi connectivity index (χ4v) is 2.77. The molecule has 0 bridgehead atoms. The molecule has 0 radical (unpaired) electrons. The summed E-state index contributed by atoms with van der Waals surface area (Å²) in [6, 6.07) is 0. The first kappa shape index (κ1) is 14.4. The molecular formula is C11H22N2O3S. The lowest BCUT2D eigenvalue weighted by Gasteiger charge is -2.31. The van der Waals surface area contributed by atoms with Crippen LogP contribution < -0.4 is 5.32 Å². The minimum atomic E-state index is -3.20. The Hall–Kier alpha value is -0.620. The molecule has 17 heavy (non-hydrogen) atoms. The highest BCUT2D eigenvalue weighted by Crippen LogP contribution is 2.20. The van der Waals surface area contributed by atoms with E-state index in [1.54, 1.807) is 4.90 Å².